The van der Waals surface area contributed by atoms with Gasteiger partial charge in [0, 0.05) is 0 Å². The number of aryl methyl sites for hydroxylation is 1. The van der Waals surface area contributed by atoms with Gasteiger partial charge in [-0.25, -0.2) is 0 Å². The first-order valence-corrected chi connectivity index (χ1v) is 13.6. The van der Waals surface area contributed by atoms with Crippen molar-refractivity contribution in [3.63, 3.8) is 0 Å². The first-order valence-electron chi connectivity index (χ1n) is 13.6. The highest BCUT2D eigenvalue weighted by Crippen LogP contribution is 2.44. The zero-order chi connectivity index (χ0) is 24.6. The van der Waals surface area contributed by atoms with E-state index < -0.39 is 11.6 Å². The molecule has 2 saturated carbocycles. The van der Waals surface area contributed by atoms with E-state index in [9.17, 15) is 8.78 Å². The third-order valence-corrected chi connectivity index (χ3v) is 8.14. The molecule has 0 N–H and O–H groups in total. The fourth-order valence-electron chi connectivity index (χ4n) is 6.06. The molecule has 2 aliphatic rings. The molecule has 0 spiro atoms. The Labute approximate surface area is 209 Å². The molecule has 0 aliphatic heterocycles. The summed E-state index contributed by atoms with van der Waals surface area (Å²) in [5.74, 6) is 0.631. The summed E-state index contributed by atoms with van der Waals surface area (Å²) in [6.45, 7) is 4.43. The minimum absolute atomic E-state index is 0.0292. The Balaban J connectivity index is 1.20. The van der Waals surface area contributed by atoms with Crippen molar-refractivity contribution >= 4 is 0 Å². The molecule has 4 heteroatoms. The summed E-state index contributed by atoms with van der Waals surface area (Å²) >= 11 is 0. The largest absolute Gasteiger partial charge is 0.490 e. The Morgan fingerprint density at radius 2 is 1.40 bits per heavy atom. The van der Waals surface area contributed by atoms with Crippen LogP contribution in [-0.2, 0) is 6.42 Å². The van der Waals surface area contributed by atoms with Crippen LogP contribution in [0.5, 0.6) is 11.5 Å². The Hall–Kier alpha value is -2.36. The molecule has 35 heavy (non-hydrogen) atoms. The van der Waals surface area contributed by atoms with Gasteiger partial charge in [-0.3, -0.25) is 0 Å². The van der Waals surface area contributed by atoms with Gasteiger partial charge in [0.05, 0.1) is 12.9 Å². The molecule has 2 nitrogen and oxygen atoms in total. The summed E-state index contributed by atoms with van der Waals surface area (Å²) < 4.78 is 39.3. The van der Waals surface area contributed by atoms with Crippen LogP contribution in [0.3, 0.4) is 0 Å². The number of benzene rings is 2. The topological polar surface area (TPSA) is 18.5 Å². The predicted octanol–water partition coefficient (Wildman–Crippen LogP) is 8.99. The van der Waals surface area contributed by atoms with Crippen LogP contribution in [-0.4, -0.2) is 6.61 Å². The zero-order valence-electron chi connectivity index (χ0n) is 21.3. The molecule has 0 unspecified atom stereocenters. The molecule has 4 rings (SSSR count). The van der Waals surface area contributed by atoms with E-state index in [1.165, 1.54) is 80.9 Å². The molecular formula is C31H40F2O2. The molecule has 0 heterocycles. The number of ether oxygens (including phenoxy) is 2. The number of hydrogen-bond acceptors (Lipinski definition) is 2. The van der Waals surface area contributed by atoms with E-state index >= 15 is 0 Å². The lowest BCUT2D eigenvalue weighted by Crippen LogP contribution is -2.27. The van der Waals surface area contributed by atoms with Crippen molar-refractivity contribution in [3.8, 4) is 11.5 Å². The van der Waals surface area contributed by atoms with E-state index in [0.717, 1.165) is 30.6 Å². The molecule has 0 saturated heterocycles. The summed E-state index contributed by atoms with van der Waals surface area (Å²) in [5, 5.41) is 0. The van der Waals surface area contributed by atoms with Crippen molar-refractivity contribution in [1.82, 2.24) is 0 Å². The Bertz CT molecular complexity index is 953. The Kier molecular flexibility index (Phi) is 9.23. The average Bonchev–Trinajstić information content (AvgIpc) is 2.90. The lowest BCUT2D eigenvalue weighted by Gasteiger charge is -2.38. The van der Waals surface area contributed by atoms with Gasteiger partial charge in [0.15, 0.2) is 11.5 Å². The quantitative estimate of drug-likeness (QED) is 0.332. The summed E-state index contributed by atoms with van der Waals surface area (Å²) in [5.41, 5.74) is 2.98. The molecule has 2 fully saturated rings. The molecule has 2 aromatic carbocycles. The Morgan fingerprint density at radius 3 is 2.03 bits per heavy atom. The molecular weight excluding hydrogens is 442 g/mol. The summed E-state index contributed by atoms with van der Waals surface area (Å²) in [6.07, 6.45) is 15.3. The molecule has 2 aromatic rings. The second kappa shape index (κ2) is 12.6. The van der Waals surface area contributed by atoms with Gasteiger partial charge in [-0.15, -0.1) is 0 Å². The van der Waals surface area contributed by atoms with Gasteiger partial charge >= 0.3 is 0 Å². The van der Waals surface area contributed by atoms with Crippen LogP contribution in [0.25, 0.3) is 0 Å². The molecule has 0 bridgehead atoms. The number of allylic oxidation sites excluding steroid dienone is 1. The van der Waals surface area contributed by atoms with Gasteiger partial charge in [0.1, 0.15) is 0 Å². The van der Waals surface area contributed by atoms with E-state index in [-0.39, 0.29) is 11.5 Å². The number of hydrogen-bond donors (Lipinski definition) is 0. The third-order valence-electron chi connectivity index (χ3n) is 8.14. The predicted molar refractivity (Wildman–Crippen MR) is 138 cm³/mol. The molecule has 190 valence electrons. The van der Waals surface area contributed by atoms with E-state index in [1.807, 2.05) is 0 Å². The number of rotatable bonds is 9. The van der Waals surface area contributed by atoms with Crippen molar-refractivity contribution in [3.05, 3.63) is 71.5 Å². The minimum Gasteiger partial charge on any atom is -0.490 e. The smallest absolute Gasteiger partial charge is 0.205 e. The van der Waals surface area contributed by atoms with Crippen LogP contribution in [0.1, 0.15) is 88.7 Å². The fourth-order valence-corrected chi connectivity index (χ4v) is 6.06. The lowest BCUT2D eigenvalue weighted by molar-refractivity contribution is 0.129. The van der Waals surface area contributed by atoms with Gasteiger partial charge < -0.3 is 9.47 Å². The van der Waals surface area contributed by atoms with E-state index in [2.05, 4.69) is 31.2 Å². The monoisotopic (exact) mass is 482 g/mol. The van der Waals surface area contributed by atoms with Crippen LogP contribution >= 0.6 is 0 Å². The van der Waals surface area contributed by atoms with Crippen molar-refractivity contribution in [2.45, 2.75) is 84.0 Å². The second-order valence-corrected chi connectivity index (χ2v) is 10.5. The highest BCUT2D eigenvalue weighted by Gasteiger charge is 2.31. The Morgan fingerprint density at radius 1 is 0.800 bits per heavy atom. The van der Waals surface area contributed by atoms with Crippen molar-refractivity contribution in [1.29, 1.82) is 0 Å². The van der Waals surface area contributed by atoms with Crippen LogP contribution < -0.4 is 9.47 Å². The second-order valence-electron chi connectivity index (χ2n) is 10.5. The number of halogens is 2. The van der Waals surface area contributed by atoms with Crippen molar-refractivity contribution < 1.29 is 18.3 Å². The molecule has 2 aliphatic carbocycles. The minimum atomic E-state index is -1.00. The van der Waals surface area contributed by atoms with E-state index in [0.29, 0.717) is 12.5 Å². The van der Waals surface area contributed by atoms with Gasteiger partial charge in [0.2, 0.25) is 11.6 Å². The van der Waals surface area contributed by atoms with Crippen molar-refractivity contribution in [2.75, 3.05) is 6.61 Å². The van der Waals surface area contributed by atoms with Gasteiger partial charge in [-0.2, -0.15) is 8.78 Å². The van der Waals surface area contributed by atoms with Gasteiger partial charge in [-0.1, -0.05) is 43.7 Å². The summed E-state index contributed by atoms with van der Waals surface area (Å²) in [7, 11) is 0. The van der Waals surface area contributed by atoms with Crippen LogP contribution in [0.2, 0.25) is 0 Å². The maximum atomic E-state index is 14.4. The molecule has 0 amide bonds. The fraction of sp³-hybridized carbons (Fsp3) is 0.548. The van der Waals surface area contributed by atoms with E-state index in [4.69, 9.17) is 9.47 Å². The normalized spacial score (nSPS) is 25.0. The molecule has 0 atom stereocenters. The maximum Gasteiger partial charge on any atom is 0.205 e. The zero-order valence-corrected chi connectivity index (χ0v) is 21.3. The highest BCUT2D eigenvalue weighted by molar-refractivity contribution is 5.35. The van der Waals surface area contributed by atoms with Gasteiger partial charge in [0.25, 0.3) is 0 Å². The molecule has 0 radical (unpaired) electrons. The first kappa shape index (κ1) is 25.7. The van der Waals surface area contributed by atoms with Gasteiger partial charge in [-0.05, 0) is 112 Å². The average molecular weight is 483 g/mol. The summed E-state index contributed by atoms with van der Waals surface area (Å²) in [4.78, 5) is 0. The van der Waals surface area contributed by atoms with E-state index in [1.54, 1.807) is 13.0 Å². The third kappa shape index (κ3) is 6.65. The standard InChI is InChI=1S/C31H40F2O2/c1-3-5-22-6-10-24(11-7-22)26-14-16-27(17-15-26)25-12-8-23(9-13-25)21-35-29-19-18-28(34-20-4-2)30(32)31(29)33/h4,6-7,10-11,18-20,23,25-27H,3,5,8-9,12-17,21H2,1-2H3. The first-order chi connectivity index (χ1) is 17.1. The molecule has 0 aromatic heterocycles. The SMILES string of the molecule is CC=COc1ccc(OCC2CCC(C3CCC(c4ccc(CCC)cc4)CC3)CC2)c(F)c1F. The highest BCUT2D eigenvalue weighted by atomic mass is 19.2. The van der Waals surface area contributed by atoms with Crippen LogP contribution in [0, 0.1) is 29.4 Å². The summed E-state index contributed by atoms with van der Waals surface area (Å²) in [6, 6.07) is 12.2. The van der Waals surface area contributed by atoms with Crippen molar-refractivity contribution in [2.24, 2.45) is 17.8 Å². The van der Waals surface area contributed by atoms with Crippen LogP contribution in [0.15, 0.2) is 48.7 Å². The maximum absolute atomic E-state index is 14.4. The lowest BCUT2D eigenvalue weighted by atomic mass is 9.68. The van der Waals surface area contributed by atoms with Crippen LogP contribution in [0.4, 0.5) is 8.78 Å².